The van der Waals surface area contributed by atoms with Crippen LogP contribution in [0.4, 0.5) is 0 Å². The predicted octanol–water partition coefficient (Wildman–Crippen LogP) is 2.69. The third-order valence-electron chi connectivity index (χ3n) is 7.35. The minimum Gasteiger partial charge on any atom is -0.442 e. The van der Waals surface area contributed by atoms with E-state index in [0.717, 1.165) is 32.1 Å². The average molecular weight is 365 g/mol. The largest absolute Gasteiger partial charge is 0.442 e. The van der Waals surface area contributed by atoms with Gasteiger partial charge in [0.25, 0.3) is 0 Å². The first kappa shape index (κ1) is 18.2. The third-order valence-corrected chi connectivity index (χ3v) is 7.35. The summed E-state index contributed by atoms with van der Waals surface area (Å²) in [4.78, 5) is 25.4. The minimum absolute atomic E-state index is 0.0210. The maximum absolute atomic E-state index is 12.8. The summed E-state index contributed by atoms with van der Waals surface area (Å²) in [5.41, 5.74) is -1.04. The molecule has 1 N–H and O–H groups in total. The maximum atomic E-state index is 12.8. The van der Waals surface area contributed by atoms with Gasteiger partial charge in [0.05, 0.1) is 28.8 Å². The summed E-state index contributed by atoms with van der Waals surface area (Å²) >= 11 is 0. The van der Waals surface area contributed by atoms with E-state index in [1.165, 1.54) is 0 Å². The van der Waals surface area contributed by atoms with Crippen molar-refractivity contribution in [2.24, 2.45) is 10.8 Å². The lowest BCUT2D eigenvalue weighted by Crippen LogP contribution is -2.48. The van der Waals surface area contributed by atoms with Gasteiger partial charge in [-0.05, 0) is 66.2 Å². The Morgan fingerprint density at radius 2 is 1.42 bits per heavy atom. The van der Waals surface area contributed by atoms with Crippen LogP contribution < -0.4 is 5.32 Å². The van der Waals surface area contributed by atoms with Crippen molar-refractivity contribution in [1.82, 2.24) is 5.32 Å². The molecule has 1 amide bonds. The van der Waals surface area contributed by atoms with Gasteiger partial charge in [0, 0.05) is 5.41 Å². The number of hydrogen-bond acceptors (Lipinski definition) is 5. The predicted molar refractivity (Wildman–Crippen MR) is 94.2 cm³/mol. The van der Waals surface area contributed by atoms with Crippen LogP contribution >= 0.6 is 0 Å². The van der Waals surface area contributed by atoms with Crippen molar-refractivity contribution < 1.29 is 23.8 Å². The highest BCUT2D eigenvalue weighted by molar-refractivity contribution is 5.83. The second kappa shape index (κ2) is 5.44. The van der Waals surface area contributed by atoms with Crippen LogP contribution in [0.5, 0.6) is 0 Å². The Morgan fingerprint density at radius 3 is 1.96 bits per heavy atom. The van der Waals surface area contributed by atoms with E-state index in [0.29, 0.717) is 6.42 Å². The summed E-state index contributed by atoms with van der Waals surface area (Å²) in [5, 5.41) is 2.89. The maximum Gasteiger partial charge on any atom is 0.313 e. The van der Waals surface area contributed by atoms with Crippen molar-refractivity contribution in [2.45, 2.75) is 103 Å². The van der Waals surface area contributed by atoms with E-state index in [1.54, 1.807) is 6.92 Å². The summed E-state index contributed by atoms with van der Waals surface area (Å²) in [5.74, 6) is -0.294. The van der Waals surface area contributed by atoms with Crippen LogP contribution in [-0.2, 0) is 23.8 Å². The molecule has 2 saturated carbocycles. The Morgan fingerprint density at radius 1 is 0.923 bits per heavy atom. The van der Waals surface area contributed by atoms with E-state index >= 15 is 0 Å². The number of esters is 1. The molecule has 26 heavy (non-hydrogen) atoms. The quantitative estimate of drug-likeness (QED) is 0.471. The van der Waals surface area contributed by atoms with Gasteiger partial charge in [-0.2, -0.15) is 0 Å². The first-order valence-corrected chi connectivity index (χ1v) is 9.86. The number of nitrogens with one attached hydrogen (secondary N) is 1. The van der Waals surface area contributed by atoms with E-state index in [4.69, 9.17) is 14.2 Å². The molecule has 0 aromatic heterocycles. The molecule has 0 spiro atoms. The highest BCUT2D eigenvalue weighted by Crippen LogP contribution is 2.55. The second-order valence-corrected chi connectivity index (χ2v) is 9.89. The number of hydrogen-bond donors (Lipinski definition) is 1. The molecule has 6 nitrogen and oxygen atoms in total. The number of epoxide rings is 2. The number of fused-ring (bicyclic) bond motifs is 2. The Labute approximate surface area is 155 Å². The van der Waals surface area contributed by atoms with Crippen LogP contribution in [0.25, 0.3) is 0 Å². The smallest absolute Gasteiger partial charge is 0.313 e. The summed E-state index contributed by atoms with van der Waals surface area (Å²) < 4.78 is 17.0. The molecular weight excluding hydrogens is 334 g/mol. The molecule has 0 bridgehead atoms. The highest BCUT2D eigenvalue weighted by Gasteiger charge is 2.61. The summed E-state index contributed by atoms with van der Waals surface area (Å²) in [6.45, 7) is 9.86. The van der Waals surface area contributed by atoms with E-state index < -0.39 is 17.1 Å². The van der Waals surface area contributed by atoms with Gasteiger partial charge >= 0.3 is 5.97 Å². The highest BCUT2D eigenvalue weighted by atomic mass is 16.6. The van der Waals surface area contributed by atoms with E-state index in [9.17, 15) is 9.59 Å². The number of carbonyl (C=O) groups is 2. The zero-order valence-electron chi connectivity index (χ0n) is 16.5. The topological polar surface area (TPSA) is 80.5 Å². The Kier molecular flexibility index (Phi) is 3.82. The number of rotatable bonds is 4. The molecule has 4 fully saturated rings. The van der Waals surface area contributed by atoms with Crippen LogP contribution in [-0.4, -0.2) is 41.5 Å². The van der Waals surface area contributed by atoms with Gasteiger partial charge in [-0.3, -0.25) is 9.59 Å². The molecule has 2 aliphatic heterocycles. The Balaban J connectivity index is 1.30. The number of amides is 1. The lowest BCUT2D eigenvalue weighted by molar-refractivity contribution is -0.164. The average Bonchev–Trinajstić information content (AvgIpc) is 3.41. The summed E-state index contributed by atoms with van der Waals surface area (Å²) in [6.07, 6.45) is 4.45. The molecule has 4 rings (SSSR count). The fourth-order valence-corrected chi connectivity index (χ4v) is 4.69. The van der Waals surface area contributed by atoms with Crippen molar-refractivity contribution in [3.8, 4) is 0 Å². The molecule has 0 aromatic carbocycles. The Bertz CT molecular complexity index is 598. The van der Waals surface area contributed by atoms with Crippen LogP contribution in [0.15, 0.2) is 0 Å². The van der Waals surface area contributed by atoms with Crippen molar-refractivity contribution in [3.63, 3.8) is 0 Å². The zero-order valence-corrected chi connectivity index (χ0v) is 16.5. The van der Waals surface area contributed by atoms with Crippen molar-refractivity contribution in [1.29, 1.82) is 0 Å². The molecular formula is C20H31NO5. The van der Waals surface area contributed by atoms with Gasteiger partial charge in [0.15, 0.2) is 6.23 Å². The molecule has 2 aliphatic carbocycles. The van der Waals surface area contributed by atoms with Gasteiger partial charge < -0.3 is 19.5 Å². The molecule has 7 atom stereocenters. The monoisotopic (exact) mass is 365 g/mol. The Hall–Kier alpha value is -1.14. The van der Waals surface area contributed by atoms with E-state index in [2.05, 4.69) is 19.2 Å². The van der Waals surface area contributed by atoms with Gasteiger partial charge in [-0.25, -0.2) is 0 Å². The third kappa shape index (κ3) is 2.95. The lowest BCUT2D eigenvalue weighted by atomic mass is 9.71. The van der Waals surface area contributed by atoms with Crippen LogP contribution in [0.1, 0.15) is 73.1 Å². The number of ether oxygens (including phenoxy) is 3. The van der Waals surface area contributed by atoms with Gasteiger partial charge in [-0.1, -0.05) is 6.92 Å². The fraction of sp³-hybridized carbons (Fsp3) is 0.900. The zero-order chi connectivity index (χ0) is 19.0. The lowest BCUT2D eigenvalue weighted by Gasteiger charge is -2.35. The van der Waals surface area contributed by atoms with Crippen LogP contribution in [0.3, 0.4) is 0 Å². The normalized spacial score (nSPS) is 50.0. The molecule has 0 radical (unpaired) electrons. The summed E-state index contributed by atoms with van der Waals surface area (Å²) in [6, 6.07) is 0. The fourth-order valence-electron chi connectivity index (χ4n) is 4.69. The van der Waals surface area contributed by atoms with Gasteiger partial charge in [0.1, 0.15) is 0 Å². The number of carbonyl (C=O) groups excluding carboxylic acids is 2. The first-order chi connectivity index (χ1) is 12.0. The first-order valence-electron chi connectivity index (χ1n) is 9.86. The standard InChI is InChI=1S/C20H31NO5/c1-12(21-15(22)17(2)6-8-19(4)13(10-17)25-19)24-16(23)18(3)7-9-20(5)14(11-18)26-20/h12-14H,6-11H2,1-5H3,(H,21,22). The SMILES string of the molecule is CC(NC(=O)C1(C)CCC2(C)OC2C1)OC(=O)C1(C)CCC2(C)OC2C1. The minimum atomic E-state index is -0.634. The van der Waals surface area contributed by atoms with E-state index in [-0.39, 0.29) is 35.3 Å². The van der Waals surface area contributed by atoms with Crippen molar-refractivity contribution >= 4 is 11.9 Å². The summed E-state index contributed by atoms with van der Waals surface area (Å²) in [7, 11) is 0. The molecule has 7 unspecified atom stereocenters. The van der Waals surface area contributed by atoms with Gasteiger partial charge in [-0.15, -0.1) is 0 Å². The molecule has 6 heteroatoms. The van der Waals surface area contributed by atoms with Crippen molar-refractivity contribution in [2.75, 3.05) is 0 Å². The molecule has 0 aromatic rings. The van der Waals surface area contributed by atoms with Crippen LogP contribution in [0.2, 0.25) is 0 Å². The van der Waals surface area contributed by atoms with Gasteiger partial charge in [0.2, 0.25) is 5.91 Å². The molecule has 2 heterocycles. The van der Waals surface area contributed by atoms with Crippen molar-refractivity contribution in [3.05, 3.63) is 0 Å². The van der Waals surface area contributed by atoms with E-state index in [1.807, 2.05) is 13.8 Å². The molecule has 2 saturated heterocycles. The molecule has 4 aliphatic rings. The second-order valence-electron chi connectivity index (χ2n) is 9.89. The molecule has 146 valence electrons. The van der Waals surface area contributed by atoms with Crippen LogP contribution in [0, 0.1) is 10.8 Å².